The van der Waals surface area contributed by atoms with E-state index in [0.717, 1.165) is 5.56 Å². The smallest absolute Gasteiger partial charge is 0.152 e. The summed E-state index contributed by atoms with van der Waals surface area (Å²) in [6, 6.07) is 9.84. The first kappa shape index (κ1) is 13.6. The minimum absolute atomic E-state index is 0.0924. The summed E-state index contributed by atoms with van der Waals surface area (Å²) in [5.74, 6) is -0.199. The van der Waals surface area contributed by atoms with Gasteiger partial charge in [-0.2, -0.15) is 5.48 Å². The maximum absolute atomic E-state index is 11.5. The van der Waals surface area contributed by atoms with Crippen molar-refractivity contribution in [3.05, 3.63) is 42.0 Å². The van der Waals surface area contributed by atoms with Gasteiger partial charge in [-0.1, -0.05) is 49.4 Å². The Kier molecular flexibility index (Phi) is 4.61. The maximum Gasteiger partial charge on any atom is 0.152 e. The molecule has 0 amide bonds. The van der Waals surface area contributed by atoms with Crippen molar-refractivity contribution in [3.63, 3.8) is 0 Å². The summed E-state index contributed by atoms with van der Waals surface area (Å²) in [6.07, 6.45) is 3.86. The first-order valence-electron chi connectivity index (χ1n) is 5.66. The van der Waals surface area contributed by atoms with Crippen LogP contribution in [0.15, 0.2) is 36.4 Å². The van der Waals surface area contributed by atoms with Crippen LogP contribution in [0.25, 0.3) is 6.08 Å². The molecule has 2 atom stereocenters. The molecule has 0 bridgehead atoms. The van der Waals surface area contributed by atoms with Gasteiger partial charge in [0.15, 0.2) is 5.78 Å². The lowest BCUT2D eigenvalue weighted by molar-refractivity contribution is -0.128. The van der Waals surface area contributed by atoms with E-state index in [4.69, 9.17) is 5.21 Å². The van der Waals surface area contributed by atoms with Crippen LogP contribution in [0.3, 0.4) is 0 Å². The average molecular weight is 233 g/mol. The largest absolute Gasteiger partial charge is 0.316 e. The van der Waals surface area contributed by atoms with Crippen molar-refractivity contribution in [3.8, 4) is 0 Å². The lowest BCUT2D eigenvalue weighted by atomic mass is 9.84. The van der Waals surface area contributed by atoms with Gasteiger partial charge in [0.25, 0.3) is 0 Å². The van der Waals surface area contributed by atoms with Crippen molar-refractivity contribution in [2.45, 2.75) is 26.3 Å². The van der Waals surface area contributed by atoms with Crippen molar-refractivity contribution >= 4 is 11.9 Å². The normalized spacial score (nSPS) is 16.7. The van der Waals surface area contributed by atoms with E-state index in [9.17, 15) is 4.79 Å². The molecule has 0 aromatic heterocycles. The Bertz CT molecular complexity index is 400. The number of nitrogens with one attached hydrogen (secondary N) is 1. The average Bonchev–Trinajstić information content (AvgIpc) is 2.35. The minimum atomic E-state index is -0.939. The van der Waals surface area contributed by atoms with Gasteiger partial charge < -0.3 is 5.21 Å². The molecule has 0 heterocycles. The highest BCUT2D eigenvalue weighted by Crippen LogP contribution is 2.20. The topological polar surface area (TPSA) is 49.3 Å². The zero-order chi connectivity index (χ0) is 12.9. The quantitative estimate of drug-likeness (QED) is 0.769. The molecule has 3 heteroatoms. The van der Waals surface area contributed by atoms with Gasteiger partial charge in [-0.05, 0) is 19.4 Å². The zero-order valence-electron chi connectivity index (χ0n) is 10.5. The van der Waals surface area contributed by atoms with E-state index in [0.29, 0.717) is 0 Å². The predicted octanol–water partition coefficient (Wildman–Crippen LogP) is 2.66. The fourth-order valence-electron chi connectivity index (χ4n) is 1.51. The number of carbonyl (C=O) groups is 1. The van der Waals surface area contributed by atoms with Gasteiger partial charge in [0, 0.05) is 5.92 Å². The van der Waals surface area contributed by atoms with Crippen LogP contribution < -0.4 is 5.48 Å². The summed E-state index contributed by atoms with van der Waals surface area (Å²) in [4.78, 5) is 11.5. The standard InChI is InChI=1S/C14H19NO2/c1-11(14(3,15-17)12(2)16)9-10-13-7-5-4-6-8-13/h4-11,15,17H,1-3H3. The van der Waals surface area contributed by atoms with E-state index in [2.05, 4.69) is 5.48 Å². The highest BCUT2D eigenvalue weighted by atomic mass is 16.5. The third kappa shape index (κ3) is 3.25. The number of Topliss-reactive ketones (excluding diaryl/α,β-unsaturated/α-hetero) is 1. The van der Waals surface area contributed by atoms with Crippen LogP contribution in [-0.2, 0) is 4.79 Å². The van der Waals surface area contributed by atoms with E-state index in [1.807, 2.05) is 49.4 Å². The van der Waals surface area contributed by atoms with Crippen LogP contribution in [-0.4, -0.2) is 16.5 Å². The number of rotatable bonds is 5. The van der Waals surface area contributed by atoms with Crippen LogP contribution in [0.2, 0.25) is 0 Å². The Morgan fingerprint density at radius 3 is 2.47 bits per heavy atom. The number of hydroxylamine groups is 1. The summed E-state index contributed by atoms with van der Waals surface area (Å²) in [5.41, 5.74) is 2.25. The lowest BCUT2D eigenvalue weighted by Gasteiger charge is -2.29. The SMILES string of the molecule is CC(=O)C(C)(NO)C(C)C=Cc1ccccc1. The van der Waals surface area contributed by atoms with Gasteiger partial charge in [-0.3, -0.25) is 4.79 Å². The third-order valence-corrected chi connectivity index (χ3v) is 3.25. The van der Waals surface area contributed by atoms with Crippen LogP contribution in [0, 0.1) is 5.92 Å². The van der Waals surface area contributed by atoms with Gasteiger partial charge in [-0.15, -0.1) is 0 Å². The Labute approximate surface area is 102 Å². The van der Waals surface area contributed by atoms with Crippen molar-refractivity contribution in [2.24, 2.45) is 5.92 Å². The minimum Gasteiger partial charge on any atom is -0.316 e. The molecule has 1 aromatic carbocycles. The van der Waals surface area contributed by atoms with Crippen LogP contribution >= 0.6 is 0 Å². The number of ketones is 1. The van der Waals surface area contributed by atoms with Crippen LogP contribution in [0.1, 0.15) is 26.3 Å². The Hall–Kier alpha value is -1.45. The molecule has 0 fully saturated rings. The van der Waals surface area contributed by atoms with E-state index in [1.54, 1.807) is 6.92 Å². The van der Waals surface area contributed by atoms with Crippen LogP contribution in [0.5, 0.6) is 0 Å². The molecule has 0 spiro atoms. The van der Waals surface area contributed by atoms with Gasteiger partial charge in [0.1, 0.15) is 5.54 Å². The monoisotopic (exact) mass is 233 g/mol. The first-order valence-corrected chi connectivity index (χ1v) is 5.66. The second-order valence-electron chi connectivity index (χ2n) is 4.43. The van der Waals surface area contributed by atoms with Gasteiger partial charge in [0.2, 0.25) is 0 Å². The van der Waals surface area contributed by atoms with Gasteiger partial charge in [-0.25, -0.2) is 0 Å². The van der Waals surface area contributed by atoms with Crippen molar-refractivity contribution < 1.29 is 10.0 Å². The molecule has 3 nitrogen and oxygen atoms in total. The predicted molar refractivity (Wildman–Crippen MR) is 68.6 cm³/mol. The molecule has 0 aliphatic rings. The number of hydrogen-bond acceptors (Lipinski definition) is 3. The maximum atomic E-state index is 11.5. The fraction of sp³-hybridized carbons (Fsp3) is 0.357. The lowest BCUT2D eigenvalue weighted by Crippen LogP contribution is -2.51. The van der Waals surface area contributed by atoms with Crippen molar-refractivity contribution in [1.29, 1.82) is 0 Å². The van der Waals surface area contributed by atoms with Crippen LogP contribution in [0.4, 0.5) is 0 Å². The van der Waals surface area contributed by atoms with E-state index < -0.39 is 5.54 Å². The summed E-state index contributed by atoms with van der Waals surface area (Å²) < 4.78 is 0. The molecular weight excluding hydrogens is 214 g/mol. The number of hydrogen-bond donors (Lipinski definition) is 2. The van der Waals surface area contributed by atoms with Crippen molar-refractivity contribution in [2.75, 3.05) is 0 Å². The summed E-state index contributed by atoms with van der Waals surface area (Å²) in [6.45, 7) is 5.05. The molecule has 0 aliphatic heterocycles. The Morgan fingerprint density at radius 2 is 2.00 bits per heavy atom. The second-order valence-corrected chi connectivity index (χ2v) is 4.43. The molecule has 1 aromatic rings. The zero-order valence-corrected chi connectivity index (χ0v) is 10.5. The number of benzene rings is 1. The fourth-order valence-corrected chi connectivity index (χ4v) is 1.51. The molecule has 92 valence electrons. The third-order valence-electron chi connectivity index (χ3n) is 3.25. The molecule has 17 heavy (non-hydrogen) atoms. The van der Waals surface area contributed by atoms with Crippen molar-refractivity contribution in [1.82, 2.24) is 5.48 Å². The van der Waals surface area contributed by atoms with Gasteiger partial charge in [0.05, 0.1) is 0 Å². The molecule has 2 N–H and O–H groups in total. The number of carbonyl (C=O) groups excluding carboxylic acids is 1. The van der Waals surface area contributed by atoms with Gasteiger partial charge >= 0.3 is 0 Å². The Balaban J connectivity index is 2.81. The summed E-state index contributed by atoms with van der Waals surface area (Å²) in [5, 5.41) is 9.12. The molecule has 1 rings (SSSR count). The summed E-state index contributed by atoms with van der Waals surface area (Å²) in [7, 11) is 0. The Morgan fingerprint density at radius 1 is 1.41 bits per heavy atom. The molecule has 0 radical (unpaired) electrons. The summed E-state index contributed by atoms with van der Waals surface area (Å²) >= 11 is 0. The van der Waals surface area contributed by atoms with E-state index >= 15 is 0 Å². The molecule has 0 saturated carbocycles. The molecule has 2 unspecified atom stereocenters. The molecule has 0 aliphatic carbocycles. The highest BCUT2D eigenvalue weighted by Gasteiger charge is 2.33. The molecular formula is C14H19NO2. The van der Waals surface area contributed by atoms with E-state index in [1.165, 1.54) is 6.92 Å². The first-order chi connectivity index (χ1) is 8.00. The highest BCUT2D eigenvalue weighted by molar-refractivity contribution is 5.86. The van der Waals surface area contributed by atoms with E-state index in [-0.39, 0.29) is 11.7 Å². The molecule has 0 saturated heterocycles. The second kappa shape index (κ2) is 5.75.